The van der Waals surface area contributed by atoms with E-state index >= 15 is 0 Å². The Morgan fingerprint density at radius 3 is 2.87 bits per heavy atom. The molecule has 5 nitrogen and oxygen atoms in total. The van der Waals surface area contributed by atoms with Crippen LogP contribution < -0.4 is 11.2 Å². The van der Waals surface area contributed by atoms with E-state index in [2.05, 4.69) is 4.98 Å². The van der Waals surface area contributed by atoms with Crippen LogP contribution in [0.25, 0.3) is 0 Å². The Kier molecular flexibility index (Phi) is 4.05. The van der Waals surface area contributed by atoms with Crippen LogP contribution in [0, 0.1) is 0 Å². The van der Waals surface area contributed by atoms with Gasteiger partial charge in [-0.25, -0.2) is 0 Å². The number of hydrogen-bond donors (Lipinski definition) is 2. The average molecular weight is 209 g/mol. The summed E-state index contributed by atoms with van der Waals surface area (Å²) in [5, 5.41) is 0. The normalized spacial score (nSPS) is 10.0. The highest BCUT2D eigenvalue weighted by molar-refractivity contribution is 5.93. The van der Waals surface area contributed by atoms with E-state index in [0.29, 0.717) is 19.6 Å². The van der Waals surface area contributed by atoms with Gasteiger partial charge in [0, 0.05) is 38.1 Å². The molecule has 0 radical (unpaired) electrons. The minimum absolute atomic E-state index is 0.160. The zero-order valence-electron chi connectivity index (χ0n) is 8.69. The summed E-state index contributed by atoms with van der Waals surface area (Å²) in [6, 6.07) is 1.34. The Morgan fingerprint density at radius 1 is 1.60 bits per heavy atom. The van der Waals surface area contributed by atoms with Crippen molar-refractivity contribution in [1.82, 2.24) is 9.88 Å². The van der Waals surface area contributed by atoms with Gasteiger partial charge in [0.1, 0.15) is 5.56 Å². The largest absolute Gasteiger partial charge is 0.367 e. The van der Waals surface area contributed by atoms with Crippen molar-refractivity contribution in [2.45, 2.75) is 6.92 Å². The minimum atomic E-state index is -0.273. The van der Waals surface area contributed by atoms with Gasteiger partial charge in [-0.1, -0.05) is 0 Å². The molecule has 5 heteroatoms. The topological polar surface area (TPSA) is 79.2 Å². The van der Waals surface area contributed by atoms with E-state index in [4.69, 9.17) is 5.73 Å². The second-order valence-corrected chi connectivity index (χ2v) is 3.10. The first kappa shape index (κ1) is 11.5. The number of rotatable bonds is 4. The van der Waals surface area contributed by atoms with Crippen LogP contribution in [0.2, 0.25) is 0 Å². The molecule has 82 valence electrons. The van der Waals surface area contributed by atoms with Crippen LogP contribution in [-0.2, 0) is 0 Å². The number of nitrogens with one attached hydrogen (secondary N) is 1. The third kappa shape index (κ3) is 2.66. The molecule has 0 aliphatic carbocycles. The summed E-state index contributed by atoms with van der Waals surface area (Å²) < 4.78 is 0. The number of amides is 1. The Bertz CT molecular complexity index is 386. The first-order chi connectivity index (χ1) is 7.20. The number of nitrogens with zero attached hydrogens (tertiary/aromatic N) is 1. The number of hydrogen-bond acceptors (Lipinski definition) is 3. The molecule has 0 aromatic carbocycles. The van der Waals surface area contributed by atoms with E-state index in [1.54, 1.807) is 4.90 Å². The fraction of sp³-hybridized carbons (Fsp3) is 0.400. The Labute approximate surface area is 87.9 Å². The van der Waals surface area contributed by atoms with E-state index in [-0.39, 0.29) is 16.9 Å². The monoisotopic (exact) mass is 209 g/mol. The molecule has 0 atom stereocenters. The number of H-pyrrole nitrogens is 1. The third-order valence-electron chi connectivity index (χ3n) is 2.12. The zero-order valence-corrected chi connectivity index (χ0v) is 8.69. The Hall–Kier alpha value is -1.62. The predicted molar refractivity (Wildman–Crippen MR) is 57.7 cm³/mol. The third-order valence-corrected chi connectivity index (χ3v) is 2.12. The number of nitrogens with two attached hydrogens (primary N) is 1. The lowest BCUT2D eigenvalue weighted by molar-refractivity contribution is 0.0767. The predicted octanol–water partition coefficient (Wildman–Crippen LogP) is -0.204. The molecule has 1 heterocycles. The standard InChI is InChI=1S/C10H15N3O2/c1-2-13(6-4-11)10(15)8-7-12-5-3-9(8)14/h3,5,7H,2,4,6,11H2,1H3,(H,12,14). The van der Waals surface area contributed by atoms with Crippen LogP contribution >= 0.6 is 0 Å². The number of likely N-dealkylation sites (N-methyl/N-ethyl adjacent to an activating group) is 1. The lowest BCUT2D eigenvalue weighted by Crippen LogP contribution is -2.37. The fourth-order valence-corrected chi connectivity index (χ4v) is 1.31. The number of carbonyl (C=O) groups excluding carboxylic acids is 1. The van der Waals surface area contributed by atoms with E-state index < -0.39 is 0 Å². The lowest BCUT2D eigenvalue weighted by atomic mass is 10.2. The molecule has 0 spiro atoms. The van der Waals surface area contributed by atoms with Crippen LogP contribution in [0.1, 0.15) is 17.3 Å². The first-order valence-electron chi connectivity index (χ1n) is 4.87. The van der Waals surface area contributed by atoms with Crippen LogP contribution in [-0.4, -0.2) is 35.4 Å². The Balaban J connectivity index is 2.93. The van der Waals surface area contributed by atoms with Crippen molar-refractivity contribution in [2.24, 2.45) is 5.73 Å². The van der Waals surface area contributed by atoms with Gasteiger partial charge in [0.25, 0.3) is 5.91 Å². The second kappa shape index (κ2) is 5.31. The maximum Gasteiger partial charge on any atom is 0.259 e. The van der Waals surface area contributed by atoms with Gasteiger partial charge in [0.05, 0.1) is 0 Å². The van der Waals surface area contributed by atoms with E-state index in [1.807, 2.05) is 6.92 Å². The quantitative estimate of drug-likeness (QED) is 0.720. The highest BCUT2D eigenvalue weighted by atomic mass is 16.2. The van der Waals surface area contributed by atoms with E-state index in [0.717, 1.165) is 0 Å². The van der Waals surface area contributed by atoms with Crippen molar-refractivity contribution in [3.8, 4) is 0 Å². The second-order valence-electron chi connectivity index (χ2n) is 3.10. The van der Waals surface area contributed by atoms with Gasteiger partial charge in [-0.3, -0.25) is 9.59 Å². The smallest absolute Gasteiger partial charge is 0.259 e. The average Bonchev–Trinajstić information content (AvgIpc) is 2.25. The molecule has 0 saturated carbocycles. The van der Waals surface area contributed by atoms with Gasteiger partial charge in [-0.15, -0.1) is 0 Å². The van der Waals surface area contributed by atoms with Gasteiger partial charge in [0.2, 0.25) is 0 Å². The molecule has 0 aliphatic rings. The van der Waals surface area contributed by atoms with Gasteiger partial charge < -0.3 is 15.6 Å². The molecular weight excluding hydrogens is 194 g/mol. The van der Waals surface area contributed by atoms with Gasteiger partial charge in [-0.05, 0) is 6.92 Å². The van der Waals surface area contributed by atoms with Crippen molar-refractivity contribution in [3.63, 3.8) is 0 Å². The van der Waals surface area contributed by atoms with Crippen molar-refractivity contribution in [1.29, 1.82) is 0 Å². The first-order valence-corrected chi connectivity index (χ1v) is 4.87. The lowest BCUT2D eigenvalue weighted by Gasteiger charge is -2.19. The minimum Gasteiger partial charge on any atom is -0.367 e. The summed E-state index contributed by atoms with van der Waals surface area (Å²) >= 11 is 0. The fourth-order valence-electron chi connectivity index (χ4n) is 1.31. The molecule has 1 aromatic heterocycles. The number of pyridine rings is 1. The summed E-state index contributed by atoms with van der Waals surface area (Å²) in [5.74, 6) is -0.273. The molecule has 0 aliphatic heterocycles. The SMILES string of the molecule is CCN(CCN)C(=O)c1c[nH]ccc1=O. The maximum atomic E-state index is 11.8. The van der Waals surface area contributed by atoms with Gasteiger partial charge >= 0.3 is 0 Å². The maximum absolute atomic E-state index is 11.8. The van der Waals surface area contributed by atoms with Crippen LogP contribution in [0.5, 0.6) is 0 Å². The number of aromatic amines is 1. The van der Waals surface area contributed by atoms with Crippen LogP contribution in [0.4, 0.5) is 0 Å². The number of aromatic nitrogens is 1. The van der Waals surface area contributed by atoms with Crippen molar-refractivity contribution in [3.05, 3.63) is 34.2 Å². The molecule has 3 N–H and O–H groups in total. The highest BCUT2D eigenvalue weighted by Crippen LogP contribution is 1.97. The zero-order chi connectivity index (χ0) is 11.3. The molecular formula is C10H15N3O2. The van der Waals surface area contributed by atoms with E-state index in [9.17, 15) is 9.59 Å². The van der Waals surface area contributed by atoms with E-state index in [1.165, 1.54) is 18.5 Å². The number of carbonyl (C=O) groups is 1. The molecule has 0 saturated heterocycles. The van der Waals surface area contributed by atoms with Gasteiger partial charge in [-0.2, -0.15) is 0 Å². The molecule has 1 amide bonds. The summed E-state index contributed by atoms with van der Waals surface area (Å²) in [7, 11) is 0. The van der Waals surface area contributed by atoms with Crippen molar-refractivity contribution >= 4 is 5.91 Å². The summed E-state index contributed by atoms with van der Waals surface area (Å²) in [4.78, 5) is 27.5. The highest BCUT2D eigenvalue weighted by Gasteiger charge is 2.15. The van der Waals surface area contributed by atoms with Gasteiger partial charge in [0.15, 0.2) is 5.43 Å². The summed E-state index contributed by atoms with van der Waals surface area (Å²) in [6.45, 7) is 3.25. The molecule has 1 aromatic rings. The molecule has 0 fully saturated rings. The van der Waals surface area contributed by atoms with Crippen molar-refractivity contribution in [2.75, 3.05) is 19.6 Å². The molecule has 15 heavy (non-hydrogen) atoms. The van der Waals surface area contributed by atoms with Crippen LogP contribution in [0.15, 0.2) is 23.3 Å². The Morgan fingerprint density at radius 2 is 2.33 bits per heavy atom. The van der Waals surface area contributed by atoms with Crippen molar-refractivity contribution < 1.29 is 4.79 Å². The molecule has 0 unspecified atom stereocenters. The van der Waals surface area contributed by atoms with Crippen LogP contribution in [0.3, 0.4) is 0 Å². The molecule has 1 rings (SSSR count). The molecule has 0 bridgehead atoms. The summed E-state index contributed by atoms with van der Waals surface area (Å²) in [5.41, 5.74) is 5.27. The summed E-state index contributed by atoms with van der Waals surface area (Å²) in [6.07, 6.45) is 2.92.